The van der Waals surface area contributed by atoms with Gasteiger partial charge in [-0.1, -0.05) is 36.4 Å². The Kier molecular flexibility index (Phi) is 3.98. The summed E-state index contributed by atoms with van der Waals surface area (Å²) in [6, 6.07) is 14.6. The standard InChI is InChI=1S/C17H15FN2O2/c18-14-9-5-4-6-12(14)11-19-15-10-16(21)20(17(15)22)13-7-2-1-3-8-13/h1-9,15,19H,10-11H2/t15-/m1/s1. The fourth-order valence-corrected chi connectivity index (χ4v) is 2.51. The van der Waals surface area contributed by atoms with E-state index < -0.39 is 6.04 Å². The first-order valence-electron chi connectivity index (χ1n) is 7.05. The molecule has 1 fully saturated rings. The normalized spacial score (nSPS) is 18.0. The largest absolute Gasteiger partial charge is 0.301 e. The molecule has 0 unspecified atom stereocenters. The molecule has 0 radical (unpaired) electrons. The number of halogens is 1. The van der Waals surface area contributed by atoms with Gasteiger partial charge in [-0.3, -0.25) is 9.59 Å². The third-order valence-corrected chi connectivity index (χ3v) is 3.66. The van der Waals surface area contributed by atoms with Crippen LogP contribution in [0, 0.1) is 5.82 Å². The summed E-state index contributed by atoms with van der Waals surface area (Å²) in [6.07, 6.45) is 0.0855. The van der Waals surface area contributed by atoms with Crippen LogP contribution < -0.4 is 10.2 Å². The molecule has 0 aromatic heterocycles. The van der Waals surface area contributed by atoms with E-state index in [9.17, 15) is 14.0 Å². The van der Waals surface area contributed by atoms with Gasteiger partial charge in [-0.15, -0.1) is 0 Å². The summed E-state index contributed by atoms with van der Waals surface area (Å²) < 4.78 is 13.6. The lowest BCUT2D eigenvalue weighted by Gasteiger charge is -2.15. The van der Waals surface area contributed by atoms with Crippen molar-refractivity contribution in [3.05, 3.63) is 66.0 Å². The molecule has 3 rings (SSSR count). The maximum absolute atomic E-state index is 13.6. The summed E-state index contributed by atoms with van der Waals surface area (Å²) in [5, 5.41) is 2.97. The van der Waals surface area contributed by atoms with Crippen molar-refractivity contribution in [2.45, 2.75) is 19.0 Å². The number of amides is 2. The number of benzene rings is 2. The summed E-state index contributed by atoms with van der Waals surface area (Å²) in [7, 11) is 0. The molecule has 1 aliphatic heterocycles. The van der Waals surface area contributed by atoms with E-state index in [2.05, 4.69) is 5.32 Å². The molecule has 0 spiro atoms. The molecule has 0 aliphatic carbocycles. The summed E-state index contributed by atoms with van der Waals surface area (Å²) in [6.45, 7) is 0.207. The van der Waals surface area contributed by atoms with E-state index in [1.165, 1.54) is 11.0 Å². The van der Waals surface area contributed by atoms with Gasteiger partial charge in [0.05, 0.1) is 18.2 Å². The van der Waals surface area contributed by atoms with Gasteiger partial charge in [0.15, 0.2) is 0 Å². The molecule has 2 aromatic rings. The second kappa shape index (κ2) is 6.07. The van der Waals surface area contributed by atoms with Crippen LogP contribution in [0.25, 0.3) is 0 Å². The molecule has 1 saturated heterocycles. The molecular weight excluding hydrogens is 283 g/mol. The first-order valence-corrected chi connectivity index (χ1v) is 7.05. The number of nitrogens with one attached hydrogen (secondary N) is 1. The molecule has 0 saturated carbocycles. The topological polar surface area (TPSA) is 49.4 Å². The summed E-state index contributed by atoms with van der Waals surface area (Å²) in [5.74, 6) is -0.874. The van der Waals surface area contributed by atoms with Gasteiger partial charge < -0.3 is 5.32 Å². The molecule has 4 nitrogen and oxygen atoms in total. The van der Waals surface area contributed by atoms with E-state index in [4.69, 9.17) is 0 Å². The van der Waals surface area contributed by atoms with E-state index in [-0.39, 0.29) is 30.6 Å². The molecule has 1 aliphatic rings. The highest BCUT2D eigenvalue weighted by Gasteiger charge is 2.39. The van der Waals surface area contributed by atoms with Crippen molar-refractivity contribution < 1.29 is 14.0 Å². The number of carbonyl (C=O) groups is 2. The van der Waals surface area contributed by atoms with Crippen molar-refractivity contribution in [2.24, 2.45) is 0 Å². The lowest BCUT2D eigenvalue weighted by molar-refractivity contribution is -0.121. The third-order valence-electron chi connectivity index (χ3n) is 3.66. The predicted octanol–water partition coefficient (Wildman–Crippen LogP) is 2.25. The number of imide groups is 1. The number of nitrogens with zero attached hydrogens (tertiary/aromatic N) is 1. The van der Waals surface area contributed by atoms with Crippen molar-refractivity contribution >= 4 is 17.5 Å². The zero-order valence-corrected chi connectivity index (χ0v) is 11.8. The van der Waals surface area contributed by atoms with Crippen LogP contribution in [0.3, 0.4) is 0 Å². The molecule has 2 amide bonds. The smallest absolute Gasteiger partial charge is 0.251 e. The van der Waals surface area contributed by atoms with Crippen molar-refractivity contribution in [3.8, 4) is 0 Å². The van der Waals surface area contributed by atoms with E-state index in [1.807, 2.05) is 6.07 Å². The minimum absolute atomic E-state index is 0.0855. The average molecular weight is 298 g/mol. The van der Waals surface area contributed by atoms with Crippen molar-refractivity contribution in [1.82, 2.24) is 5.32 Å². The number of anilines is 1. The van der Waals surface area contributed by atoms with Crippen LogP contribution in [0.4, 0.5) is 10.1 Å². The lowest BCUT2D eigenvalue weighted by atomic mass is 10.2. The Morgan fingerprint density at radius 3 is 2.45 bits per heavy atom. The van der Waals surface area contributed by atoms with Gasteiger partial charge in [0.25, 0.3) is 5.91 Å². The molecule has 0 bridgehead atoms. The highest BCUT2D eigenvalue weighted by atomic mass is 19.1. The Hall–Kier alpha value is -2.53. The molecule has 1 N–H and O–H groups in total. The zero-order valence-electron chi connectivity index (χ0n) is 11.8. The first-order chi connectivity index (χ1) is 10.7. The van der Waals surface area contributed by atoms with Gasteiger partial charge in [0.1, 0.15) is 5.82 Å². The Morgan fingerprint density at radius 1 is 1.05 bits per heavy atom. The highest BCUT2D eigenvalue weighted by molar-refractivity contribution is 6.22. The van der Waals surface area contributed by atoms with Crippen LogP contribution in [-0.4, -0.2) is 17.9 Å². The van der Waals surface area contributed by atoms with Gasteiger partial charge >= 0.3 is 0 Å². The summed E-state index contributed by atoms with van der Waals surface area (Å²) >= 11 is 0. The molecular formula is C17H15FN2O2. The SMILES string of the molecule is O=C1C[C@@H](NCc2ccccc2F)C(=O)N1c1ccccc1. The van der Waals surface area contributed by atoms with Crippen molar-refractivity contribution in [2.75, 3.05) is 4.90 Å². The number of hydrogen-bond donors (Lipinski definition) is 1. The second-order valence-corrected chi connectivity index (χ2v) is 5.13. The number of rotatable bonds is 4. The maximum Gasteiger partial charge on any atom is 0.251 e. The van der Waals surface area contributed by atoms with Crippen LogP contribution in [0.2, 0.25) is 0 Å². The number of para-hydroxylation sites is 1. The van der Waals surface area contributed by atoms with Crippen LogP contribution in [0.1, 0.15) is 12.0 Å². The molecule has 1 heterocycles. The predicted molar refractivity (Wildman–Crippen MR) is 80.6 cm³/mol. The van der Waals surface area contributed by atoms with Gasteiger partial charge in [-0.05, 0) is 18.2 Å². The van der Waals surface area contributed by atoms with E-state index in [0.29, 0.717) is 11.3 Å². The quantitative estimate of drug-likeness (QED) is 0.881. The van der Waals surface area contributed by atoms with E-state index >= 15 is 0 Å². The summed E-state index contributed by atoms with van der Waals surface area (Å²) in [4.78, 5) is 25.6. The van der Waals surface area contributed by atoms with Gasteiger partial charge in [-0.2, -0.15) is 0 Å². The van der Waals surface area contributed by atoms with Crippen LogP contribution in [-0.2, 0) is 16.1 Å². The van der Waals surface area contributed by atoms with Crippen LogP contribution >= 0.6 is 0 Å². The first kappa shape index (κ1) is 14.4. The highest BCUT2D eigenvalue weighted by Crippen LogP contribution is 2.22. The number of carbonyl (C=O) groups excluding carboxylic acids is 2. The van der Waals surface area contributed by atoms with Crippen LogP contribution in [0.15, 0.2) is 54.6 Å². The monoisotopic (exact) mass is 298 g/mol. The Balaban J connectivity index is 1.71. The molecule has 112 valence electrons. The molecule has 5 heteroatoms. The van der Waals surface area contributed by atoms with Gasteiger partial charge in [-0.25, -0.2) is 9.29 Å². The maximum atomic E-state index is 13.6. The van der Waals surface area contributed by atoms with E-state index in [0.717, 1.165) is 0 Å². The van der Waals surface area contributed by atoms with Gasteiger partial charge in [0, 0.05) is 12.1 Å². The van der Waals surface area contributed by atoms with Crippen LogP contribution in [0.5, 0.6) is 0 Å². The Bertz CT molecular complexity index is 703. The van der Waals surface area contributed by atoms with E-state index in [1.54, 1.807) is 42.5 Å². The van der Waals surface area contributed by atoms with Crippen molar-refractivity contribution in [3.63, 3.8) is 0 Å². The minimum Gasteiger partial charge on any atom is -0.301 e. The van der Waals surface area contributed by atoms with Gasteiger partial charge in [0.2, 0.25) is 5.91 Å². The zero-order chi connectivity index (χ0) is 15.5. The Labute approximate surface area is 127 Å². The summed E-state index contributed by atoms with van der Waals surface area (Å²) in [5.41, 5.74) is 1.04. The third kappa shape index (κ3) is 2.76. The molecule has 1 atom stereocenters. The molecule has 22 heavy (non-hydrogen) atoms. The Morgan fingerprint density at radius 2 is 1.73 bits per heavy atom. The second-order valence-electron chi connectivity index (χ2n) is 5.13. The lowest BCUT2D eigenvalue weighted by Crippen LogP contribution is -2.38. The fourth-order valence-electron chi connectivity index (χ4n) is 2.51. The average Bonchev–Trinajstić information content (AvgIpc) is 2.81. The fraction of sp³-hybridized carbons (Fsp3) is 0.176. The molecule has 2 aromatic carbocycles. The minimum atomic E-state index is -0.618. The van der Waals surface area contributed by atoms with Crippen molar-refractivity contribution in [1.29, 1.82) is 0 Å². The number of hydrogen-bond acceptors (Lipinski definition) is 3.